The molecule has 26 heavy (non-hydrogen) atoms. The van der Waals surface area contributed by atoms with Crippen molar-refractivity contribution in [1.29, 1.82) is 0 Å². The number of phenols is 1. The number of halogens is 1. The van der Waals surface area contributed by atoms with Crippen LogP contribution in [0.1, 0.15) is 11.1 Å². The third-order valence-electron chi connectivity index (χ3n) is 3.48. The van der Waals surface area contributed by atoms with Crippen LogP contribution in [0.15, 0.2) is 56.9 Å². The Balaban J connectivity index is 1.99. The van der Waals surface area contributed by atoms with Gasteiger partial charge < -0.3 is 5.11 Å². The van der Waals surface area contributed by atoms with Crippen LogP contribution < -0.4 is 5.43 Å². The Morgan fingerprint density at radius 3 is 2.58 bits per heavy atom. The van der Waals surface area contributed by atoms with Crippen LogP contribution in [0.3, 0.4) is 0 Å². The summed E-state index contributed by atoms with van der Waals surface area (Å²) < 4.78 is 26.5. The minimum Gasteiger partial charge on any atom is -0.507 e. The lowest BCUT2D eigenvalue weighted by atomic mass is 10.2. The first kappa shape index (κ1) is 20.1. The van der Waals surface area contributed by atoms with Gasteiger partial charge in [0.25, 0.3) is 5.91 Å². The number of likely N-dealkylation sites (N-methyl/N-ethyl adjacent to an activating group) is 1. The fraction of sp³-hybridized carbons (Fsp3) is 0.176. The van der Waals surface area contributed by atoms with Crippen molar-refractivity contribution in [2.75, 3.05) is 13.6 Å². The third kappa shape index (κ3) is 5.13. The lowest BCUT2D eigenvalue weighted by Gasteiger charge is -2.16. The first-order valence-electron chi connectivity index (χ1n) is 7.53. The molecule has 0 unspecified atom stereocenters. The minimum atomic E-state index is -3.77. The second kappa shape index (κ2) is 8.43. The van der Waals surface area contributed by atoms with Gasteiger partial charge in [-0.1, -0.05) is 33.6 Å². The number of hydrogen-bond donors (Lipinski definition) is 2. The first-order chi connectivity index (χ1) is 12.2. The number of hydrazone groups is 1. The summed E-state index contributed by atoms with van der Waals surface area (Å²) in [5.74, 6) is -0.598. The van der Waals surface area contributed by atoms with Gasteiger partial charge in [-0.3, -0.25) is 4.79 Å². The van der Waals surface area contributed by atoms with E-state index in [1.807, 2.05) is 6.92 Å². The molecule has 0 fully saturated rings. The molecule has 138 valence electrons. The highest BCUT2D eigenvalue weighted by Gasteiger charge is 2.22. The van der Waals surface area contributed by atoms with Gasteiger partial charge in [-0.2, -0.15) is 9.41 Å². The number of benzene rings is 2. The zero-order valence-corrected chi connectivity index (χ0v) is 16.6. The molecule has 0 radical (unpaired) electrons. The highest BCUT2D eigenvalue weighted by atomic mass is 79.9. The average molecular weight is 440 g/mol. The van der Waals surface area contributed by atoms with Crippen LogP contribution in [0.5, 0.6) is 5.75 Å². The number of amides is 1. The van der Waals surface area contributed by atoms with Crippen LogP contribution in [-0.2, 0) is 14.8 Å². The van der Waals surface area contributed by atoms with Gasteiger partial charge in [0.2, 0.25) is 10.0 Å². The summed E-state index contributed by atoms with van der Waals surface area (Å²) in [5.41, 5.74) is 3.58. The number of carbonyl (C=O) groups excluding carboxylic acids is 1. The Bertz CT molecular complexity index is 928. The van der Waals surface area contributed by atoms with Gasteiger partial charge in [0.1, 0.15) is 5.75 Å². The molecule has 0 aromatic heterocycles. The zero-order chi connectivity index (χ0) is 19.3. The summed E-state index contributed by atoms with van der Waals surface area (Å²) in [6, 6.07) is 11.1. The van der Waals surface area contributed by atoms with E-state index in [-0.39, 0.29) is 10.6 Å². The molecule has 1 amide bonds. The highest BCUT2D eigenvalue weighted by Crippen LogP contribution is 2.20. The zero-order valence-electron chi connectivity index (χ0n) is 14.2. The van der Waals surface area contributed by atoms with Gasteiger partial charge in [-0.15, -0.1) is 0 Å². The topological polar surface area (TPSA) is 99.1 Å². The standard InChI is InChI=1S/C17H18BrN3O4S/c1-12-3-6-15(7-4-12)26(24,25)21(2)11-17(23)20-19-10-13-9-14(18)5-8-16(13)22/h3-10,22H,11H2,1-2H3,(H,20,23)/b19-10-. The average Bonchev–Trinajstić information content (AvgIpc) is 2.58. The second-order valence-corrected chi connectivity index (χ2v) is 8.53. The summed E-state index contributed by atoms with van der Waals surface area (Å²) >= 11 is 3.26. The van der Waals surface area contributed by atoms with Crippen molar-refractivity contribution >= 4 is 38.1 Å². The van der Waals surface area contributed by atoms with E-state index in [4.69, 9.17) is 0 Å². The number of sulfonamides is 1. The molecule has 2 aromatic rings. The Kier molecular flexibility index (Phi) is 6.52. The molecule has 0 saturated carbocycles. The fourth-order valence-corrected chi connectivity index (χ4v) is 3.52. The van der Waals surface area contributed by atoms with Gasteiger partial charge in [-0.25, -0.2) is 13.8 Å². The van der Waals surface area contributed by atoms with E-state index < -0.39 is 22.5 Å². The van der Waals surface area contributed by atoms with Crippen molar-refractivity contribution in [1.82, 2.24) is 9.73 Å². The summed E-state index contributed by atoms with van der Waals surface area (Å²) in [7, 11) is -2.45. The molecule has 7 nitrogen and oxygen atoms in total. The van der Waals surface area contributed by atoms with Gasteiger partial charge in [-0.05, 0) is 37.3 Å². The highest BCUT2D eigenvalue weighted by molar-refractivity contribution is 9.10. The largest absolute Gasteiger partial charge is 0.507 e. The predicted molar refractivity (Wildman–Crippen MR) is 103 cm³/mol. The lowest BCUT2D eigenvalue weighted by Crippen LogP contribution is -2.36. The number of rotatable bonds is 6. The third-order valence-corrected chi connectivity index (χ3v) is 5.79. The van der Waals surface area contributed by atoms with Crippen molar-refractivity contribution in [3.05, 3.63) is 58.1 Å². The van der Waals surface area contributed by atoms with Gasteiger partial charge in [0.05, 0.1) is 17.7 Å². The normalized spacial score (nSPS) is 11.8. The number of nitrogens with one attached hydrogen (secondary N) is 1. The van der Waals surface area contributed by atoms with Crippen LogP contribution >= 0.6 is 15.9 Å². The van der Waals surface area contributed by atoms with Gasteiger partial charge in [0.15, 0.2) is 0 Å². The molecule has 0 heterocycles. The van der Waals surface area contributed by atoms with Crippen LogP contribution in [0.4, 0.5) is 0 Å². The van der Waals surface area contributed by atoms with E-state index in [1.54, 1.807) is 24.3 Å². The number of nitrogens with zero attached hydrogens (tertiary/aromatic N) is 2. The van der Waals surface area contributed by atoms with E-state index in [2.05, 4.69) is 26.5 Å². The predicted octanol–water partition coefficient (Wildman–Crippen LogP) is 2.23. The van der Waals surface area contributed by atoms with Crippen molar-refractivity contribution in [3.63, 3.8) is 0 Å². The second-order valence-electron chi connectivity index (χ2n) is 5.57. The van der Waals surface area contributed by atoms with E-state index in [0.717, 1.165) is 14.3 Å². The SMILES string of the molecule is Cc1ccc(S(=O)(=O)N(C)CC(=O)N/N=C\c2cc(Br)ccc2O)cc1. The molecule has 0 aliphatic carbocycles. The van der Waals surface area contributed by atoms with Crippen molar-refractivity contribution < 1.29 is 18.3 Å². The monoisotopic (exact) mass is 439 g/mol. The lowest BCUT2D eigenvalue weighted by molar-refractivity contribution is -0.121. The maximum Gasteiger partial charge on any atom is 0.255 e. The van der Waals surface area contributed by atoms with Crippen LogP contribution in [-0.4, -0.2) is 43.5 Å². The Hall–Kier alpha value is -2.23. The van der Waals surface area contributed by atoms with E-state index >= 15 is 0 Å². The Morgan fingerprint density at radius 1 is 1.27 bits per heavy atom. The summed E-state index contributed by atoms with van der Waals surface area (Å²) in [5, 5.41) is 13.4. The molecule has 0 spiro atoms. The van der Waals surface area contributed by atoms with Gasteiger partial charge in [0, 0.05) is 17.1 Å². The Labute approximate surface area is 160 Å². The van der Waals surface area contributed by atoms with E-state index in [1.165, 1.54) is 31.5 Å². The maximum atomic E-state index is 12.4. The number of aryl methyl sites for hydroxylation is 1. The molecular formula is C17H18BrN3O4S. The van der Waals surface area contributed by atoms with Crippen LogP contribution in [0, 0.1) is 6.92 Å². The van der Waals surface area contributed by atoms with Crippen LogP contribution in [0.25, 0.3) is 0 Å². The molecule has 0 atom stereocenters. The number of aromatic hydroxyl groups is 1. The number of carbonyl (C=O) groups is 1. The molecule has 2 aromatic carbocycles. The minimum absolute atomic E-state index is 0.00488. The smallest absolute Gasteiger partial charge is 0.255 e. The number of phenolic OH excluding ortho intramolecular Hbond substituents is 1. The van der Waals surface area contributed by atoms with Crippen LogP contribution in [0.2, 0.25) is 0 Å². The van der Waals surface area contributed by atoms with E-state index in [9.17, 15) is 18.3 Å². The van der Waals surface area contributed by atoms with E-state index in [0.29, 0.717) is 5.56 Å². The molecule has 0 aliphatic heterocycles. The summed E-state index contributed by atoms with van der Waals surface area (Å²) in [6.07, 6.45) is 1.27. The fourth-order valence-electron chi connectivity index (χ4n) is 2.02. The maximum absolute atomic E-state index is 12.4. The summed E-state index contributed by atoms with van der Waals surface area (Å²) in [4.78, 5) is 12.0. The molecule has 2 rings (SSSR count). The summed E-state index contributed by atoms with van der Waals surface area (Å²) in [6.45, 7) is 1.46. The molecule has 2 N–H and O–H groups in total. The van der Waals surface area contributed by atoms with Crippen molar-refractivity contribution in [2.45, 2.75) is 11.8 Å². The van der Waals surface area contributed by atoms with Crippen molar-refractivity contribution in [3.8, 4) is 5.75 Å². The van der Waals surface area contributed by atoms with Gasteiger partial charge >= 0.3 is 0 Å². The molecule has 9 heteroatoms. The Morgan fingerprint density at radius 2 is 1.92 bits per heavy atom. The molecular weight excluding hydrogens is 422 g/mol. The molecule has 0 bridgehead atoms. The quantitative estimate of drug-likeness (QED) is 0.532. The molecule has 0 aliphatic rings. The molecule has 0 saturated heterocycles. The van der Waals surface area contributed by atoms with Crippen molar-refractivity contribution in [2.24, 2.45) is 5.10 Å². The number of hydrogen-bond acceptors (Lipinski definition) is 5. The first-order valence-corrected chi connectivity index (χ1v) is 9.77.